The quantitative estimate of drug-likeness (QED) is 0.883. The lowest BCUT2D eigenvalue weighted by atomic mass is 10.1. The van der Waals surface area contributed by atoms with E-state index >= 15 is 0 Å². The fourth-order valence-electron chi connectivity index (χ4n) is 2.31. The number of hydrogen-bond acceptors (Lipinski definition) is 5. The lowest BCUT2D eigenvalue weighted by Gasteiger charge is -2.10. The van der Waals surface area contributed by atoms with Crippen LogP contribution >= 0.6 is 0 Å². The van der Waals surface area contributed by atoms with E-state index in [2.05, 4.69) is 20.6 Å². The zero-order chi connectivity index (χ0) is 15.2. The van der Waals surface area contributed by atoms with Crippen molar-refractivity contribution < 1.29 is 9.53 Å². The average Bonchev–Trinajstić information content (AvgIpc) is 3.07. The van der Waals surface area contributed by atoms with Crippen molar-refractivity contribution >= 4 is 17.5 Å². The molecule has 1 amide bonds. The van der Waals surface area contributed by atoms with Crippen molar-refractivity contribution in [2.24, 2.45) is 5.92 Å². The number of carbonyl (C=O) groups excluding carboxylic acids is 1. The van der Waals surface area contributed by atoms with E-state index in [1.165, 1.54) is 0 Å². The number of carbonyl (C=O) groups is 1. The second kappa shape index (κ2) is 7.00. The minimum atomic E-state index is -0.0791. The molecule has 22 heavy (non-hydrogen) atoms. The third-order valence-corrected chi connectivity index (χ3v) is 3.52. The fourth-order valence-corrected chi connectivity index (χ4v) is 2.31. The molecule has 1 aromatic heterocycles. The molecule has 2 N–H and O–H groups in total. The summed E-state index contributed by atoms with van der Waals surface area (Å²) in [5, 5.41) is 6.03. The third-order valence-electron chi connectivity index (χ3n) is 3.52. The summed E-state index contributed by atoms with van der Waals surface area (Å²) in [7, 11) is 0. The first-order valence-electron chi connectivity index (χ1n) is 7.31. The van der Waals surface area contributed by atoms with Gasteiger partial charge >= 0.3 is 0 Å². The molecular formula is C16H18N4O2. The first-order valence-corrected chi connectivity index (χ1v) is 7.31. The van der Waals surface area contributed by atoms with Crippen LogP contribution in [0.1, 0.15) is 16.8 Å². The van der Waals surface area contributed by atoms with Crippen LogP contribution in [0.3, 0.4) is 0 Å². The van der Waals surface area contributed by atoms with Crippen molar-refractivity contribution in [1.82, 2.24) is 15.3 Å². The molecule has 0 radical (unpaired) electrons. The summed E-state index contributed by atoms with van der Waals surface area (Å²) in [4.78, 5) is 20.4. The normalized spacial score (nSPS) is 17.2. The number of aromatic nitrogens is 2. The standard InChI is InChI=1S/C16H18N4O2/c21-15(19-10-12-5-8-22-11-12)13-3-1-4-14(9-13)20-16-17-6-2-7-18-16/h1-4,6-7,9,12H,5,8,10-11H2,(H,19,21)(H,17,18,20). The molecule has 0 aliphatic carbocycles. The Morgan fingerprint density at radius 1 is 1.27 bits per heavy atom. The molecule has 1 atom stereocenters. The van der Waals surface area contributed by atoms with Crippen LogP contribution in [0.2, 0.25) is 0 Å². The largest absolute Gasteiger partial charge is 0.381 e. The minimum absolute atomic E-state index is 0.0791. The summed E-state index contributed by atoms with van der Waals surface area (Å²) in [5.74, 6) is 0.843. The average molecular weight is 298 g/mol. The number of rotatable bonds is 5. The van der Waals surface area contributed by atoms with Crippen LogP contribution in [0, 0.1) is 5.92 Å². The van der Waals surface area contributed by atoms with Crippen LogP contribution in [0.15, 0.2) is 42.7 Å². The SMILES string of the molecule is O=C(NCC1CCOC1)c1cccc(Nc2ncccn2)c1. The molecule has 0 bridgehead atoms. The molecule has 0 spiro atoms. The zero-order valence-electron chi connectivity index (χ0n) is 12.2. The topological polar surface area (TPSA) is 76.1 Å². The van der Waals surface area contributed by atoms with Crippen molar-refractivity contribution in [3.63, 3.8) is 0 Å². The summed E-state index contributed by atoms with van der Waals surface area (Å²) >= 11 is 0. The Morgan fingerprint density at radius 3 is 2.91 bits per heavy atom. The van der Waals surface area contributed by atoms with Crippen molar-refractivity contribution in [2.45, 2.75) is 6.42 Å². The monoisotopic (exact) mass is 298 g/mol. The fraction of sp³-hybridized carbons (Fsp3) is 0.312. The maximum absolute atomic E-state index is 12.2. The van der Waals surface area contributed by atoms with Crippen molar-refractivity contribution in [3.8, 4) is 0 Å². The van der Waals surface area contributed by atoms with Crippen LogP contribution in [0.5, 0.6) is 0 Å². The lowest BCUT2D eigenvalue weighted by Crippen LogP contribution is -2.29. The maximum atomic E-state index is 12.2. The summed E-state index contributed by atoms with van der Waals surface area (Å²) in [6.45, 7) is 2.17. The van der Waals surface area contributed by atoms with Gasteiger partial charge in [0.2, 0.25) is 5.95 Å². The van der Waals surface area contributed by atoms with Crippen LogP contribution in [0.25, 0.3) is 0 Å². The lowest BCUT2D eigenvalue weighted by molar-refractivity contribution is 0.0945. The first kappa shape index (κ1) is 14.5. The Kier molecular flexibility index (Phi) is 4.60. The molecule has 1 aliphatic heterocycles. The van der Waals surface area contributed by atoms with Gasteiger partial charge in [0.25, 0.3) is 5.91 Å². The summed E-state index contributed by atoms with van der Waals surface area (Å²) in [6.07, 6.45) is 4.33. The molecule has 1 aliphatic rings. The van der Waals surface area contributed by atoms with E-state index in [1.54, 1.807) is 30.6 Å². The van der Waals surface area contributed by atoms with Gasteiger partial charge in [-0.05, 0) is 30.7 Å². The third kappa shape index (κ3) is 3.79. The Morgan fingerprint density at radius 2 is 2.14 bits per heavy atom. The van der Waals surface area contributed by atoms with Gasteiger partial charge in [-0.2, -0.15) is 0 Å². The predicted octanol–water partition coefficient (Wildman–Crippen LogP) is 1.99. The highest BCUT2D eigenvalue weighted by Crippen LogP contribution is 2.15. The molecule has 0 saturated carbocycles. The Labute approximate surface area is 128 Å². The highest BCUT2D eigenvalue weighted by atomic mass is 16.5. The van der Waals surface area contributed by atoms with Gasteiger partial charge < -0.3 is 15.4 Å². The molecule has 1 fully saturated rings. The molecule has 1 unspecified atom stereocenters. The highest BCUT2D eigenvalue weighted by molar-refractivity contribution is 5.95. The number of nitrogens with zero attached hydrogens (tertiary/aromatic N) is 2. The van der Waals surface area contributed by atoms with Gasteiger partial charge in [0.05, 0.1) is 6.61 Å². The zero-order valence-corrected chi connectivity index (χ0v) is 12.2. The number of hydrogen-bond donors (Lipinski definition) is 2. The Balaban J connectivity index is 1.61. The van der Waals surface area contributed by atoms with Gasteiger partial charge in [0.1, 0.15) is 0 Å². The highest BCUT2D eigenvalue weighted by Gasteiger charge is 2.16. The molecule has 2 aromatic rings. The van der Waals surface area contributed by atoms with Crippen LogP contribution in [-0.4, -0.2) is 35.6 Å². The second-order valence-electron chi connectivity index (χ2n) is 5.22. The molecule has 1 aromatic carbocycles. The van der Waals surface area contributed by atoms with E-state index < -0.39 is 0 Å². The molecule has 6 nitrogen and oxygen atoms in total. The minimum Gasteiger partial charge on any atom is -0.381 e. The van der Waals surface area contributed by atoms with E-state index in [1.807, 2.05) is 12.1 Å². The summed E-state index contributed by atoms with van der Waals surface area (Å²) in [6, 6.07) is 9.03. The van der Waals surface area contributed by atoms with Gasteiger partial charge in [0.15, 0.2) is 0 Å². The van der Waals surface area contributed by atoms with Crippen LogP contribution < -0.4 is 10.6 Å². The second-order valence-corrected chi connectivity index (χ2v) is 5.22. The molecule has 2 heterocycles. The molecule has 3 rings (SSSR count). The van der Waals surface area contributed by atoms with E-state index in [9.17, 15) is 4.79 Å². The summed E-state index contributed by atoms with van der Waals surface area (Å²) < 4.78 is 5.31. The number of ether oxygens (including phenoxy) is 1. The molecule has 114 valence electrons. The number of anilines is 2. The number of amides is 1. The molecule has 1 saturated heterocycles. The van der Waals surface area contributed by atoms with Gasteiger partial charge in [-0.25, -0.2) is 9.97 Å². The van der Waals surface area contributed by atoms with Gasteiger partial charge in [-0.1, -0.05) is 6.07 Å². The smallest absolute Gasteiger partial charge is 0.251 e. The number of benzene rings is 1. The number of nitrogens with one attached hydrogen (secondary N) is 2. The van der Waals surface area contributed by atoms with E-state index in [0.29, 0.717) is 24.0 Å². The molecule has 6 heteroatoms. The van der Waals surface area contributed by atoms with Crippen molar-refractivity contribution in [1.29, 1.82) is 0 Å². The first-order chi connectivity index (χ1) is 10.8. The van der Waals surface area contributed by atoms with E-state index in [-0.39, 0.29) is 5.91 Å². The van der Waals surface area contributed by atoms with Gasteiger partial charge in [-0.3, -0.25) is 4.79 Å². The van der Waals surface area contributed by atoms with E-state index in [4.69, 9.17) is 4.74 Å². The predicted molar refractivity (Wildman–Crippen MR) is 83.0 cm³/mol. The molecular weight excluding hydrogens is 280 g/mol. The van der Waals surface area contributed by atoms with Crippen molar-refractivity contribution in [3.05, 3.63) is 48.3 Å². The van der Waals surface area contributed by atoms with E-state index in [0.717, 1.165) is 25.3 Å². The Bertz CT molecular complexity index is 627. The summed E-state index contributed by atoms with van der Waals surface area (Å²) in [5.41, 5.74) is 1.39. The van der Waals surface area contributed by atoms with Crippen LogP contribution in [0.4, 0.5) is 11.6 Å². The van der Waals surface area contributed by atoms with Crippen molar-refractivity contribution in [2.75, 3.05) is 25.1 Å². The Hall–Kier alpha value is -2.47. The maximum Gasteiger partial charge on any atom is 0.251 e. The van der Waals surface area contributed by atoms with Crippen LogP contribution in [-0.2, 0) is 4.74 Å². The van der Waals surface area contributed by atoms with Gasteiger partial charge in [0, 0.05) is 42.7 Å². The van der Waals surface area contributed by atoms with Gasteiger partial charge in [-0.15, -0.1) is 0 Å².